The minimum Gasteiger partial charge on any atom is -0.448 e. The summed E-state index contributed by atoms with van der Waals surface area (Å²) in [6.45, 7) is 3.40. The minimum atomic E-state index is -0.980. The number of para-hydroxylation sites is 1. The lowest BCUT2D eigenvalue weighted by molar-refractivity contribution is -0.150. The van der Waals surface area contributed by atoms with E-state index in [0.717, 1.165) is 23.2 Å². The van der Waals surface area contributed by atoms with Crippen molar-refractivity contribution >= 4 is 29.5 Å². The van der Waals surface area contributed by atoms with Gasteiger partial charge < -0.3 is 15.0 Å². The molecule has 0 aromatic heterocycles. The van der Waals surface area contributed by atoms with Gasteiger partial charge >= 0.3 is 5.97 Å². The van der Waals surface area contributed by atoms with Crippen LogP contribution in [0.3, 0.4) is 0 Å². The molecule has 2 amide bonds. The molecule has 1 N–H and O–H groups in total. The lowest BCUT2D eigenvalue weighted by Gasteiger charge is -2.22. The number of carbonyl (C=O) groups is 3. The molecule has 0 saturated carbocycles. The van der Waals surface area contributed by atoms with Gasteiger partial charge in [0.2, 0.25) is 5.91 Å². The van der Waals surface area contributed by atoms with Crippen molar-refractivity contribution in [3.05, 3.63) is 71.4 Å². The summed E-state index contributed by atoms with van der Waals surface area (Å²) in [6, 6.07) is 16.8. The van der Waals surface area contributed by atoms with Crippen molar-refractivity contribution in [1.82, 2.24) is 5.32 Å². The smallest absolute Gasteiger partial charge is 0.355 e. The van der Waals surface area contributed by atoms with Gasteiger partial charge in [-0.15, -0.1) is 0 Å². The van der Waals surface area contributed by atoms with E-state index < -0.39 is 18.0 Å². The van der Waals surface area contributed by atoms with Gasteiger partial charge in [-0.1, -0.05) is 48.5 Å². The topological polar surface area (TPSA) is 75.7 Å². The molecule has 1 heterocycles. The van der Waals surface area contributed by atoms with Crippen LogP contribution in [0.2, 0.25) is 0 Å². The number of fused-ring (bicyclic) bond motifs is 1. The molecule has 1 atom stereocenters. The highest BCUT2D eigenvalue weighted by Gasteiger charge is 2.30. The van der Waals surface area contributed by atoms with Crippen molar-refractivity contribution in [2.24, 2.45) is 0 Å². The van der Waals surface area contributed by atoms with Crippen molar-refractivity contribution in [1.29, 1.82) is 0 Å². The molecule has 0 bridgehead atoms. The van der Waals surface area contributed by atoms with Crippen molar-refractivity contribution < 1.29 is 19.1 Å². The summed E-state index contributed by atoms with van der Waals surface area (Å²) in [4.78, 5) is 38.5. The number of esters is 1. The van der Waals surface area contributed by atoms with E-state index in [0.29, 0.717) is 6.54 Å². The Kier molecular flexibility index (Phi) is 5.89. The van der Waals surface area contributed by atoms with Crippen molar-refractivity contribution in [3.63, 3.8) is 0 Å². The summed E-state index contributed by atoms with van der Waals surface area (Å²) in [5.41, 5.74) is 2.66. The Hall–Kier alpha value is -3.41. The molecule has 0 saturated heterocycles. The van der Waals surface area contributed by atoms with Crippen molar-refractivity contribution in [2.45, 2.75) is 26.4 Å². The molecule has 0 aliphatic carbocycles. The Morgan fingerprint density at radius 3 is 2.46 bits per heavy atom. The van der Waals surface area contributed by atoms with E-state index in [1.54, 1.807) is 17.0 Å². The van der Waals surface area contributed by atoms with Gasteiger partial charge in [0.1, 0.15) is 5.70 Å². The predicted octanol–water partition coefficient (Wildman–Crippen LogP) is 2.68. The number of anilines is 1. The van der Waals surface area contributed by atoms with E-state index in [9.17, 15) is 14.4 Å². The zero-order chi connectivity index (χ0) is 20.1. The zero-order valence-electron chi connectivity index (χ0n) is 15.8. The van der Waals surface area contributed by atoms with Crippen LogP contribution >= 0.6 is 0 Å². The summed E-state index contributed by atoms with van der Waals surface area (Å²) in [7, 11) is 0. The molecule has 1 aliphatic rings. The molecular weight excluding hydrogens is 356 g/mol. The normalized spacial score (nSPS) is 14.2. The van der Waals surface area contributed by atoms with Gasteiger partial charge in [0.25, 0.3) is 5.91 Å². The highest BCUT2D eigenvalue weighted by Crippen LogP contribution is 2.28. The number of ether oxygens (including phenoxy) is 1. The van der Waals surface area contributed by atoms with Gasteiger partial charge in [0.05, 0.1) is 0 Å². The Morgan fingerprint density at radius 2 is 1.75 bits per heavy atom. The van der Waals surface area contributed by atoms with Gasteiger partial charge in [-0.25, -0.2) is 4.79 Å². The maximum atomic E-state index is 12.8. The first-order valence-corrected chi connectivity index (χ1v) is 9.10. The maximum absolute atomic E-state index is 12.8. The largest absolute Gasteiger partial charge is 0.448 e. The molecule has 3 rings (SSSR count). The second kappa shape index (κ2) is 8.52. The van der Waals surface area contributed by atoms with Crippen LogP contribution in [0, 0.1) is 0 Å². The Labute approximate surface area is 163 Å². The number of hydrogen-bond acceptors (Lipinski definition) is 4. The zero-order valence-corrected chi connectivity index (χ0v) is 15.8. The van der Waals surface area contributed by atoms with E-state index in [-0.39, 0.29) is 11.6 Å². The number of rotatable bonds is 5. The van der Waals surface area contributed by atoms with Gasteiger partial charge in [-0.3, -0.25) is 9.59 Å². The van der Waals surface area contributed by atoms with Crippen molar-refractivity contribution in [3.8, 4) is 0 Å². The lowest BCUT2D eigenvalue weighted by Crippen LogP contribution is -2.40. The van der Waals surface area contributed by atoms with Crippen LogP contribution in [0.4, 0.5) is 5.69 Å². The summed E-state index contributed by atoms with van der Waals surface area (Å²) >= 11 is 0. The van der Waals surface area contributed by atoms with Gasteiger partial charge in [0, 0.05) is 19.2 Å². The molecule has 6 nitrogen and oxygen atoms in total. The number of carbonyl (C=O) groups excluding carboxylic acids is 3. The summed E-state index contributed by atoms with van der Waals surface area (Å²) in [5, 5.41) is 2.48. The van der Waals surface area contributed by atoms with Gasteiger partial charge in [-0.2, -0.15) is 0 Å². The second-order valence-corrected chi connectivity index (χ2v) is 6.57. The quantitative estimate of drug-likeness (QED) is 0.641. The second-order valence-electron chi connectivity index (χ2n) is 6.57. The standard InChI is InChI=1S/C22H22N2O4/c1-15(21(26)24-13-12-18-10-6-7-11-20(18)24)28-22(27)19(23-16(2)25)14-17-8-4-3-5-9-17/h3-11,14-15H,12-13H2,1-2H3,(H,23,25)/b19-14-/t15-/m1/s1. The predicted molar refractivity (Wildman–Crippen MR) is 106 cm³/mol. The molecule has 144 valence electrons. The molecule has 0 spiro atoms. The number of nitrogens with zero attached hydrogens (tertiary/aromatic N) is 1. The third-order valence-corrected chi connectivity index (χ3v) is 4.43. The van der Waals surface area contributed by atoms with Gasteiger partial charge in [0.15, 0.2) is 6.10 Å². The van der Waals surface area contributed by atoms with Crippen LogP contribution in [0.15, 0.2) is 60.3 Å². The third-order valence-electron chi connectivity index (χ3n) is 4.43. The average molecular weight is 378 g/mol. The number of amides is 2. The molecule has 0 radical (unpaired) electrons. The Bertz CT molecular complexity index is 921. The van der Waals surface area contributed by atoms with Gasteiger partial charge in [-0.05, 0) is 36.6 Å². The number of nitrogens with one attached hydrogen (secondary N) is 1. The van der Waals surface area contributed by atoms with E-state index >= 15 is 0 Å². The van der Waals surface area contributed by atoms with E-state index in [1.165, 1.54) is 19.9 Å². The molecule has 0 unspecified atom stereocenters. The fourth-order valence-electron chi connectivity index (χ4n) is 3.11. The first kappa shape index (κ1) is 19.4. The average Bonchev–Trinajstić information content (AvgIpc) is 3.11. The SMILES string of the molecule is CC(=O)N/C(=C\c1ccccc1)C(=O)O[C@H](C)C(=O)N1CCc2ccccc21. The van der Waals surface area contributed by atoms with Crippen molar-refractivity contribution in [2.75, 3.05) is 11.4 Å². The van der Waals surface area contributed by atoms with E-state index in [2.05, 4.69) is 5.32 Å². The molecule has 2 aromatic rings. The van der Waals surface area contributed by atoms with Crippen LogP contribution in [0.25, 0.3) is 6.08 Å². The summed E-state index contributed by atoms with van der Waals surface area (Å²) in [5.74, 6) is -1.45. The Balaban J connectivity index is 1.73. The minimum absolute atomic E-state index is 0.0137. The number of benzene rings is 2. The fraction of sp³-hybridized carbons (Fsp3) is 0.227. The molecule has 28 heavy (non-hydrogen) atoms. The molecule has 1 aliphatic heterocycles. The molecular formula is C22H22N2O4. The third kappa shape index (κ3) is 4.46. The van der Waals surface area contributed by atoms with Crippen LogP contribution in [0.1, 0.15) is 25.0 Å². The molecule has 6 heteroatoms. The summed E-state index contributed by atoms with van der Waals surface area (Å²) < 4.78 is 5.36. The highest BCUT2D eigenvalue weighted by atomic mass is 16.5. The maximum Gasteiger partial charge on any atom is 0.355 e. The van der Waals surface area contributed by atoms with Crippen LogP contribution < -0.4 is 10.2 Å². The highest BCUT2D eigenvalue weighted by molar-refractivity contribution is 6.02. The Morgan fingerprint density at radius 1 is 1.07 bits per heavy atom. The lowest BCUT2D eigenvalue weighted by atomic mass is 10.2. The molecule has 2 aromatic carbocycles. The van der Waals surface area contributed by atoms with E-state index in [1.807, 2.05) is 42.5 Å². The number of hydrogen-bond donors (Lipinski definition) is 1. The van der Waals surface area contributed by atoms with Crippen LogP contribution in [-0.4, -0.2) is 30.4 Å². The first-order valence-electron chi connectivity index (χ1n) is 9.10. The molecule has 0 fully saturated rings. The monoisotopic (exact) mass is 378 g/mol. The van der Waals surface area contributed by atoms with Crippen LogP contribution in [0.5, 0.6) is 0 Å². The van der Waals surface area contributed by atoms with Crippen LogP contribution in [-0.2, 0) is 25.5 Å². The first-order chi connectivity index (χ1) is 13.5. The summed E-state index contributed by atoms with van der Waals surface area (Å²) in [6.07, 6.45) is 1.31. The van der Waals surface area contributed by atoms with E-state index in [4.69, 9.17) is 4.74 Å². The fourth-order valence-corrected chi connectivity index (χ4v) is 3.11.